The van der Waals surface area contributed by atoms with E-state index in [9.17, 15) is 18.1 Å². The maximum atomic E-state index is 10.9. The van der Waals surface area contributed by atoms with Gasteiger partial charge in [0.15, 0.2) is 0 Å². The molecule has 2 unspecified atom stereocenters. The average molecular weight is 361 g/mol. The second-order valence-electron chi connectivity index (χ2n) is 6.02. The molecule has 0 spiro atoms. The van der Waals surface area contributed by atoms with E-state index in [2.05, 4.69) is 6.92 Å². The summed E-state index contributed by atoms with van der Waals surface area (Å²) in [4.78, 5) is 0. The second-order valence-corrected chi connectivity index (χ2v) is 7.67. The van der Waals surface area contributed by atoms with Crippen molar-refractivity contribution in [3.05, 3.63) is 0 Å². The third-order valence-corrected chi connectivity index (χ3v) is 5.45. The predicted molar refractivity (Wildman–Crippen MR) is 86.2 cm³/mol. The van der Waals surface area contributed by atoms with Crippen LogP contribution in [0.5, 0.6) is 0 Å². The number of hydrogen-bond acceptors (Lipinski definition) is 4. The summed E-state index contributed by atoms with van der Waals surface area (Å²) < 4.78 is 32.8. The van der Waals surface area contributed by atoms with Gasteiger partial charge in [0, 0.05) is 5.25 Å². The first kappa shape index (κ1) is 25.7. The van der Waals surface area contributed by atoms with Crippen molar-refractivity contribution in [3.63, 3.8) is 0 Å². The van der Waals surface area contributed by atoms with Crippen LogP contribution in [0.15, 0.2) is 0 Å². The summed E-state index contributed by atoms with van der Waals surface area (Å²) >= 11 is 0. The maximum Gasteiger partial charge on any atom is 1.00 e. The van der Waals surface area contributed by atoms with Crippen LogP contribution in [0.4, 0.5) is 0 Å². The molecule has 0 fully saturated rings. The van der Waals surface area contributed by atoms with Crippen LogP contribution in [0, 0.1) is 0 Å². The molecule has 0 radical (unpaired) electrons. The average Bonchev–Trinajstić information content (AvgIpc) is 2.41. The number of hydrogen-bond donors (Lipinski definition) is 1. The minimum Gasteiger partial charge on any atom is -0.748 e. The van der Waals surface area contributed by atoms with Crippen molar-refractivity contribution in [1.82, 2.24) is 0 Å². The fourth-order valence-corrected chi connectivity index (χ4v) is 3.48. The Morgan fingerprint density at radius 1 is 0.864 bits per heavy atom. The van der Waals surface area contributed by atoms with Crippen molar-refractivity contribution in [1.29, 1.82) is 0 Å². The minimum absolute atomic E-state index is 0. The molecule has 0 rings (SSSR count). The number of aliphatic hydroxyl groups is 1. The monoisotopic (exact) mass is 360 g/mol. The molecule has 1 N–H and O–H groups in total. The fourth-order valence-electron chi connectivity index (χ4n) is 2.62. The molecule has 0 aromatic heterocycles. The Hall–Kier alpha value is 1.51. The molecule has 128 valence electrons. The molecule has 0 aliphatic rings. The first-order valence-electron chi connectivity index (χ1n) is 8.54. The molecule has 0 saturated heterocycles. The minimum atomic E-state index is -4.18. The zero-order chi connectivity index (χ0) is 16.1. The molecule has 0 amide bonds. The summed E-state index contributed by atoms with van der Waals surface area (Å²) in [6.45, 7) is 3.92. The number of unbranched alkanes of at least 4 members (excludes halogenated alkanes) is 6. The van der Waals surface area contributed by atoms with Crippen LogP contribution < -0.4 is 51.4 Å². The quantitative estimate of drug-likeness (QED) is 0.285. The van der Waals surface area contributed by atoms with E-state index in [0.29, 0.717) is 25.7 Å². The summed E-state index contributed by atoms with van der Waals surface area (Å²) in [7, 11) is -4.18. The van der Waals surface area contributed by atoms with Crippen LogP contribution in [-0.4, -0.2) is 29.4 Å². The molecule has 0 aromatic carbocycles. The van der Waals surface area contributed by atoms with Gasteiger partial charge >= 0.3 is 51.4 Å². The zero-order valence-corrected chi connectivity index (χ0v) is 18.7. The van der Waals surface area contributed by atoms with Crippen molar-refractivity contribution in [2.75, 3.05) is 0 Å². The van der Waals surface area contributed by atoms with Crippen molar-refractivity contribution in [3.8, 4) is 0 Å². The molecular formula is C16H33KO4S. The topological polar surface area (TPSA) is 77.4 Å². The van der Waals surface area contributed by atoms with Crippen LogP contribution in [-0.2, 0) is 10.1 Å². The van der Waals surface area contributed by atoms with Gasteiger partial charge in [-0.1, -0.05) is 58.8 Å². The van der Waals surface area contributed by atoms with E-state index in [-0.39, 0.29) is 57.5 Å². The van der Waals surface area contributed by atoms with Gasteiger partial charge < -0.3 is 9.66 Å². The third kappa shape index (κ3) is 15.1. The molecule has 2 atom stereocenters. The van der Waals surface area contributed by atoms with Crippen LogP contribution >= 0.6 is 0 Å². The van der Waals surface area contributed by atoms with E-state index < -0.39 is 15.4 Å². The van der Waals surface area contributed by atoms with Gasteiger partial charge in [-0.3, -0.25) is 0 Å². The van der Waals surface area contributed by atoms with Crippen LogP contribution in [0.2, 0.25) is 0 Å². The molecule has 0 heterocycles. The largest absolute Gasteiger partial charge is 1.00 e. The molecular weight excluding hydrogens is 327 g/mol. The molecule has 0 saturated carbocycles. The molecule has 4 nitrogen and oxygen atoms in total. The Bertz CT molecular complexity index is 333. The van der Waals surface area contributed by atoms with Crippen LogP contribution in [0.25, 0.3) is 0 Å². The van der Waals surface area contributed by atoms with Crippen molar-refractivity contribution < 1.29 is 69.5 Å². The first-order valence-corrected chi connectivity index (χ1v) is 10.0. The summed E-state index contributed by atoms with van der Waals surface area (Å²) in [6, 6.07) is 0. The molecule has 0 aliphatic heterocycles. The summed E-state index contributed by atoms with van der Waals surface area (Å²) in [5.74, 6) is 0. The van der Waals surface area contributed by atoms with E-state index in [1.54, 1.807) is 6.92 Å². The van der Waals surface area contributed by atoms with Crippen molar-refractivity contribution in [2.24, 2.45) is 0 Å². The SMILES string of the molecule is CCCCCCCCCC(O)CCCC(CC)S(=O)(=O)[O-].[K+]. The first-order chi connectivity index (χ1) is 9.91. The summed E-state index contributed by atoms with van der Waals surface area (Å²) in [6.07, 6.45) is 11.0. The zero-order valence-electron chi connectivity index (χ0n) is 14.7. The maximum absolute atomic E-state index is 10.9. The molecule has 0 bridgehead atoms. The van der Waals surface area contributed by atoms with Gasteiger partial charge in [-0.05, 0) is 32.1 Å². The van der Waals surface area contributed by atoms with E-state index >= 15 is 0 Å². The predicted octanol–water partition coefficient (Wildman–Crippen LogP) is 0.986. The standard InChI is InChI=1S/C16H34O4S.K/c1-3-5-6-7-8-9-10-12-15(17)13-11-14-16(4-2)21(18,19)20;/h15-17H,3-14H2,1-2H3,(H,18,19,20);/q;+1/p-1. The smallest absolute Gasteiger partial charge is 0.748 e. The Labute approximate surface area is 180 Å². The van der Waals surface area contributed by atoms with Crippen LogP contribution in [0.3, 0.4) is 0 Å². The summed E-state index contributed by atoms with van der Waals surface area (Å²) in [5.41, 5.74) is 0. The van der Waals surface area contributed by atoms with Gasteiger partial charge in [0.1, 0.15) is 0 Å². The van der Waals surface area contributed by atoms with Gasteiger partial charge in [-0.2, -0.15) is 0 Å². The Morgan fingerprint density at radius 3 is 1.86 bits per heavy atom. The number of rotatable bonds is 14. The number of aliphatic hydroxyl groups excluding tert-OH is 1. The molecule has 0 aliphatic carbocycles. The Balaban J connectivity index is 0. The van der Waals surface area contributed by atoms with Gasteiger partial charge in [0.2, 0.25) is 0 Å². The van der Waals surface area contributed by atoms with E-state index in [0.717, 1.165) is 19.3 Å². The van der Waals surface area contributed by atoms with E-state index in [1.807, 2.05) is 0 Å². The Morgan fingerprint density at radius 2 is 1.36 bits per heavy atom. The normalized spacial score (nSPS) is 14.4. The van der Waals surface area contributed by atoms with Crippen molar-refractivity contribution in [2.45, 2.75) is 102 Å². The van der Waals surface area contributed by atoms with Gasteiger partial charge in [0.25, 0.3) is 0 Å². The summed E-state index contributed by atoms with van der Waals surface area (Å²) in [5, 5.41) is 9.06. The molecule has 6 heteroatoms. The second kappa shape index (κ2) is 16.0. The van der Waals surface area contributed by atoms with Gasteiger partial charge in [-0.15, -0.1) is 0 Å². The van der Waals surface area contributed by atoms with Gasteiger partial charge in [0.05, 0.1) is 16.2 Å². The Kier molecular flexibility index (Phi) is 18.7. The molecule has 0 aromatic rings. The fraction of sp³-hybridized carbons (Fsp3) is 1.00. The third-order valence-electron chi connectivity index (χ3n) is 4.07. The van der Waals surface area contributed by atoms with Gasteiger partial charge in [-0.25, -0.2) is 8.42 Å². The van der Waals surface area contributed by atoms with E-state index in [4.69, 9.17) is 0 Å². The van der Waals surface area contributed by atoms with Crippen molar-refractivity contribution >= 4 is 10.1 Å². The molecule has 22 heavy (non-hydrogen) atoms. The van der Waals surface area contributed by atoms with E-state index in [1.165, 1.54) is 32.1 Å². The van der Waals surface area contributed by atoms with Crippen LogP contribution in [0.1, 0.15) is 90.9 Å².